The van der Waals surface area contributed by atoms with Crippen LogP contribution in [-0.2, 0) is 14.2 Å². The Labute approximate surface area is 93.7 Å². The number of aliphatic hydroxyl groups is 1. The number of benzene rings is 1. The second-order valence-electron chi connectivity index (χ2n) is 4.12. The third-order valence-corrected chi connectivity index (χ3v) is 2.88. The van der Waals surface area contributed by atoms with Gasteiger partial charge in [0, 0.05) is 5.56 Å². The van der Waals surface area contributed by atoms with Crippen molar-refractivity contribution >= 4 is 0 Å². The van der Waals surface area contributed by atoms with Crippen molar-refractivity contribution in [3.8, 4) is 0 Å². The highest BCUT2D eigenvalue weighted by molar-refractivity contribution is 5.16. The molecule has 0 spiro atoms. The highest BCUT2D eigenvalue weighted by Crippen LogP contribution is 2.31. The molecule has 3 unspecified atom stereocenters. The number of epoxide rings is 1. The molecule has 0 aromatic heterocycles. The molecule has 1 aromatic carbocycles. The Kier molecular flexibility index (Phi) is 2.65. The van der Waals surface area contributed by atoms with Gasteiger partial charge in [-0.2, -0.15) is 0 Å². The molecule has 3 rings (SSSR count). The Morgan fingerprint density at radius 1 is 1.06 bits per heavy atom. The van der Waals surface area contributed by atoms with E-state index in [1.165, 1.54) is 0 Å². The molecule has 2 fully saturated rings. The molecular formula is C12H14O4. The van der Waals surface area contributed by atoms with Crippen molar-refractivity contribution in [1.29, 1.82) is 0 Å². The summed E-state index contributed by atoms with van der Waals surface area (Å²) in [4.78, 5) is 0. The number of hydrogen-bond acceptors (Lipinski definition) is 4. The van der Waals surface area contributed by atoms with Crippen LogP contribution in [0.25, 0.3) is 0 Å². The van der Waals surface area contributed by atoms with Crippen molar-refractivity contribution in [2.45, 2.75) is 24.6 Å². The smallest absolute Gasteiger partial charge is 0.184 e. The van der Waals surface area contributed by atoms with E-state index in [0.717, 1.165) is 5.56 Å². The topological polar surface area (TPSA) is 51.2 Å². The van der Waals surface area contributed by atoms with Crippen LogP contribution in [0, 0.1) is 0 Å². The Morgan fingerprint density at radius 2 is 1.81 bits per heavy atom. The lowest BCUT2D eigenvalue weighted by Crippen LogP contribution is -2.43. The van der Waals surface area contributed by atoms with E-state index in [2.05, 4.69) is 0 Å². The molecule has 2 saturated heterocycles. The minimum Gasteiger partial charge on any atom is -0.388 e. The number of aliphatic hydroxyl groups excluding tert-OH is 1. The first-order chi connectivity index (χ1) is 7.84. The van der Waals surface area contributed by atoms with Gasteiger partial charge in [-0.05, 0) is 0 Å². The third-order valence-electron chi connectivity index (χ3n) is 2.88. The predicted molar refractivity (Wildman–Crippen MR) is 55.8 cm³/mol. The van der Waals surface area contributed by atoms with Crippen LogP contribution in [-0.4, -0.2) is 36.6 Å². The summed E-state index contributed by atoms with van der Waals surface area (Å²) >= 11 is 0. The summed E-state index contributed by atoms with van der Waals surface area (Å²) in [5, 5.41) is 9.71. The average Bonchev–Trinajstić information content (AvgIpc) is 3.15. The molecule has 4 atom stereocenters. The fourth-order valence-corrected chi connectivity index (χ4v) is 1.92. The zero-order chi connectivity index (χ0) is 11.0. The molecular weight excluding hydrogens is 208 g/mol. The highest BCUT2D eigenvalue weighted by Gasteiger charge is 2.43. The third kappa shape index (κ3) is 1.97. The largest absolute Gasteiger partial charge is 0.388 e. The zero-order valence-electron chi connectivity index (χ0n) is 8.78. The molecule has 2 aliphatic heterocycles. The van der Waals surface area contributed by atoms with Gasteiger partial charge in [-0.25, -0.2) is 0 Å². The maximum atomic E-state index is 9.71. The molecule has 4 heteroatoms. The van der Waals surface area contributed by atoms with Crippen LogP contribution in [0.2, 0.25) is 0 Å². The maximum Gasteiger partial charge on any atom is 0.184 e. The van der Waals surface area contributed by atoms with Gasteiger partial charge in [-0.15, -0.1) is 0 Å². The standard InChI is InChI=1S/C12H14O4/c13-9-6-15-12(8-4-2-1-3-5-8)16-11(9)10-7-14-10/h1-5,9-13H,6-7H2/t9?,10-,11?,12?/m1/s1. The van der Waals surface area contributed by atoms with Crippen LogP contribution in [0.4, 0.5) is 0 Å². The molecule has 2 heterocycles. The lowest BCUT2D eigenvalue weighted by molar-refractivity contribution is -0.260. The van der Waals surface area contributed by atoms with E-state index in [1.807, 2.05) is 30.3 Å². The van der Waals surface area contributed by atoms with Gasteiger partial charge in [-0.3, -0.25) is 0 Å². The number of hydrogen-bond donors (Lipinski definition) is 1. The first-order valence-corrected chi connectivity index (χ1v) is 5.46. The second-order valence-corrected chi connectivity index (χ2v) is 4.12. The summed E-state index contributed by atoms with van der Waals surface area (Å²) in [7, 11) is 0. The van der Waals surface area contributed by atoms with Crippen LogP contribution in [0.1, 0.15) is 11.9 Å². The van der Waals surface area contributed by atoms with Crippen molar-refractivity contribution in [2.75, 3.05) is 13.2 Å². The molecule has 2 aliphatic rings. The SMILES string of the molecule is OC1COC(c2ccccc2)OC1[C@H]1CO1. The summed E-state index contributed by atoms with van der Waals surface area (Å²) in [6.07, 6.45) is -1.21. The Balaban J connectivity index is 1.73. The number of rotatable bonds is 2. The van der Waals surface area contributed by atoms with Crippen molar-refractivity contribution in [1.82, 2.24) is 0 Å². The summed E-state index contributed by atoms with van der Waals surface area (Å²) in [6, 6.07) is 9.73. The van der Waals surface area contributed by atoms with Gasteiger partial charge >= 0.3 is 0 Å². The van der Waals surface area contributed by atoms with E-state index >= 15 is 0 Å². The maximum absolute atomic E-state index is 9.71. The van der Waals surface area contributed by atoms with Crippen molar-refractivity contribution < 1.29 is 19.3 Å². The van der Waals surface area contributed by atoms with E-state index in [9.17, 15) is 5.11 Å². The van der Waals surface area contributed by atoms with Gasteiger partial charge < -0.3 is 19.3 Å². The lowest BCUT2D eigenvalue weighted by Gasteiger charge is -2.33. The Hall–Kier alpha value is -0.940. The minimum absolute atomic E-state index is 0.0325. The molecule has 0 bridgehead atoms. The van der Waals surface area contributed by atoms with Crippen molar-refractivity contribution in [2.24, 2.45) is 0 Å². The molecule has 16 heavy (non-hydrogen) atoms. The van der Waals surface area contributed by atoms with E-state index in [0.29, 0.717) is 13.2 Å². The van der Waals surface area contributed by atoms with Crippen LogP contribution in [0.3, 0.4) is 0 Å². The van der Waals surface area contributed by atoms with Gasteiger partial charge in [0.2, 0.25) is 0 Å². The van der Waals surface area contributed by atoms with Crippen LogP contribution in [0.5, 0.6) is 0 Å². The quantitative estimate of drug-likeness (QED) is 0.754. The minimum atomic E-state index is -0.590. The monoisotopic (exact) mass is 222 g/mol. The van der Waals surface area contributed by atoms with Crippen LogP contribution < -0.4 is 0 Å². The first kappa shape index (κ1) is 10.2. The van der Waals surface area contributed by atoms with Crippen LogP contribution in [0.15, 0.2) is 30.3 Å². The normalized spacial score (nSPS) is 38.3. The van der Waals surface area contributed by atoms with E-state index in [-0.39, 0.29) is 12.2 Å². The highest BCUT2D eigenvalue weighted by atomic mass is 16.7. The van der Waals surface area contributed by atoms with Crippen molar-refractivity contribution in [3.05, 3.63) is 35.9 Å². The lowest BCUT2D eigenvalue weighted by atomic mass is 10.1. The molecule has 0 aliphatic carbocycles. The molecule has 86 valence electrons. The molecule has 0 saturated carbocycles. The Morgan fingerprint density at radius 3 is 2.50 bits per heavy atom. The molecule has 1 N–H and O–H groups in total. The fraction of sp³-hybridized carbons (Fsp3) is 0.500. The fourth-order valence-electron chi connectivity index (χ4n) is 1.92. The molecule has 0 radical (unpaired) electrons. The van der Waals surface area contributed by atoms with Crippen molar-refractivity contribution in [3.63, 3.8) is 0 Å². The summed E-state index contributed by atoms with van der Waals surface area (Å²) in [5.74, 6) is 0. The van der Waals surface area contributed by atoms with Gasteiger partial charge in [0.1, 0.15) is 18.3 Å². The average molecular weight is 222 g/mol. The van der Waals surface area contributed by atoms with Gasteiger partial charge in [0.25, 0.3) is 0 Å². The van der Waals surface area contributed by atoms with Gasteiger partial charge in [0.15, 0.2) is 6.29 Å². The van der Waals surface area contributed by atoms with Gasteiger partial charge in [0.05, 0.1) is 13.2 Å². The van der Waals surface area contributed by atoms with E-state index < -0.39 is 12.4 Å². The molecule has 1 aromatic rings. The summed E-state index contributed by atoms with van der Waals surface area (Å²) in [5.41, 5.74) is 0.972. The Bertz CT molecular complexity index is 349. The number of ether oxygens (including phenoxy) is 3. The van der Waals surface area contributed by atoms with E-state index in [4.69, 9.17) is 14.2 Å². The molecule has 0 amide bonds. The first-order valence-electron chi connectivity index (χ1n) is 5.46. The predicted octanol–water partition coefficient (Wildman–Crippen LogP) is 0.860. The second kappa shape index (κ2) is 4.14. The van der Waals surface area contributed by atoms with Crippen LogP contribution >= 0.6 is 0 Å². The summed E-state index contributed by atoms with van der Waals surface area (Å²) in [6.45, 7) is 0.966. The molecule has 4 nitrogen and oxygen atoms in total. The van der Waals surface area contributed by atoms with E-state index in [1.54, 1.807) is 0 Å². The zero-order valence-corrected chi connectivity index (χ0v) is 8.78. The summed E-state index contributed by atoms with van der Waals surface area (Å²) < 4.78 is 16.3. The van der Waals surface area contributed by atoms with Gasteiger partial charge in [-0.1, -0.05) is 30.3 Å².